The van der Waals surface area contributed by atoms with Gasteiger partial charge in [0.15, 0.2) is 0 Å². The maximum absolute atomic E-state index is 12.9. The van der Waals surface area contributed by atoms with Crippen molar-refractivity contribution in [1.82, 2.24) is 4.90 Å². The third-order valence-corrected chi connectivity index (χ3v) is 5.53. The number of rotatable bonds is 9. The third-order valence-electron chi connectivity index (χ3n) is 5.53. The molecule has 154 valence electrons. The van der Waals surface area contributed by atoms with Gasteiger partial charge in [0.2, 0.25) is 0 Å². The van der Waals surface area contributed by atoms with Crippen molar-refractivity contribution in [3.63, 3.8) is 0 Å². The van der Waals surface area contributed by atoms with Gasteiger partial charge in [-0.2, -0.15) is 0 Å². The van der Waals surface area contributed by atoms with Gasteiger partial charge in [0.25, 0.3) is 0 Å². The van der Waals surface area contributed by atoms with Crippen LogP contribution in [0.5, 0.6) is 0 Å². The van der Waals surface area contributed by atoms with Crippen LogP contribution in [0.15, 0.2) is 48.5 Å². The average Bonchev–Trinajstić information content (AvgIpc) is 3.05. The van der Waals surface area contributed by atoms with Crippen LogP contribution >= 0.6 is 0 Å². The van der Waals surface area contributed by atoms with Gasteiger partial charge in [0.1, 0.15) is 12.6 Å². The van der Waals surface area contributed by atoms with Crippen LogP contribution in [0.2, 0.25) is 0 Å². The molecule has 2 aromatic carbocycles. The number of carboxylic acids is 1. The molecule has 0 fully saturated rings. The molecule has 5 heteroatoms. The lowest BCUT2D eigenvalue weighted by Gasteiger charge is -2.28. The zero-order valence-corrected chi connectivity index (χ0v) is 17.1. The van der Waals surface area contributed by atoms with Crippen molar-refractivity contribution in [3.8, 4) is 11.1 Å². The summed E-state index contributed by atoms with van der Waals surface area (Å²) in [7, 11) is 0. The summed E-state index contributed by atoms with van der Waals surface area (Å²) in [6.45, 7) is 4.52. The molecule has 0 heterocycles. The third kappa shape index (κ3) is 4.44. The molecule has 29 heavy (non-hydrogen) atoms. The monoisotopic (exact) mass is 395 g/mol. The number of carbonyl (C=O) groups is 2. The second-order valence-corrected chi connectivity index (χ2v) is 7.49. The van der Waals surface area contributed by atoms with Crippen LogP contribution in [0.3, 0.4) is 0 Å². The number of benzene rings is 2. The number of ether oxygens (including phenoxy) is 1. The largest absolute Gasteiger partial charge is 0.480 e. The fraction of sp³-hybridized carbons (Fsp3) is 0.417. The molecular weight excluding hydrogens is 366 g/mol. The van der Waals surface area contributed by atoms with Gasteiger partial charge < -0.3 is 9.84 Å². The highest BCUT2D eigenvalue weighted by Gasteiger charge is 2.32. The smallest absolute Gasteiger partial charge is 0.410 e. The van der Waals surface area contributed by atoms with E-state index in [0.29, 0.717) is 19.4 Å². The Morgan fingerprint density at radius 2 is 1.59 bits per heavy atom. The molecule has 0 spiro atoms. The molecule has 1 atom stereocenters. The highest BCUT2D eigenvalue weighted by molar-refractivity contribution is 5.81. The predicted octanol–water partition coefficient (Wildman–Crippen LogP) is 5.29. The molecule has 0 bridgehead atoms. The van der Waals surface area contributed by atoms with Gasteiger partial charge in [0, 0.05) is 12.5 Å². The molecule has 0 saturated heterocycles. The van der Waals surface area contributed by atoms with Crippen LogP contribution in [0, 0.1) is 0 Å². The summed E-state index contributed by atoms with van der Waals surface area (Å²) in [6.07, 6.45) is 2.22. The van der Waals surface area contributed by atoms with E-state index >= 15 is 0 Å². The maximum atomic E-state index is 12.9. The Morgan fingerprint density at radius 1 is 1.00 bits per heavy atom. The van der Waals surface area contributed by atoms with Crippen molar-refractivity contribution < 1.29 is 19.4 Å². The number of carboxylic acid groups (broad SMARTS) is 1. The molecule has 0 aromatic heterocycles. The van der Waals surface area contributed by atoms with E-state index in [1.54, 1.807) is 0 Å². The fourth-order valence-corrected chi connectivity index (χ4v) is 4.10. The molecule has 3 rings (SSSR count). The standard InChI is InChI=1S/C24H29NO4/c1-3-5-14-22(23(26)27)25(15-4-2)24(28)29-16-21-19-12-8-6-10-17(19)18-11-7-9-13-20(18)21/h6-13,21-22H,3-5,14-16H2,1-2H3,(H,26,27)/t22-/m0/s1. The summed E-state index contributed by atoms with van der Waals surface area (Å²) in [5.74, 6) is -1.01. The first-order chi connectivity index (χ1) is 14.1. The number of aliphatic carboxylic acids is 1. The van der Waals surface area contributed by atoms with Gasteiger partial charge in [-0.15, -0.1) is 0 Å². The van der Waals surface area contributed by atoms with Crippen molar-refractivity contribution in [2.75, 3.05) is 13.2 Å². The molecule has 0 saturated carbocycles. The van der Waals surface area contributed by atoms with E-state index in [9.17, 15) is 14.7 Å². The number of amides is 1. The predicted molar refractivity (Wildman–Crippen MR) is 113 cm³/mol. The van der Waals surface area contributed by atoms with Crippen LogP contribution in [0.1, 0.15) is 56.6 Å². The van der Waals surface area contributed by atoms with Crippen LogP contribution < -0.4 is 0 Å². The van der Waals surface area contributed by atoms with Gasteiger partial charge >= 0.3 is 12.1 Å². The van der Waals surface area contributed by atoms with E-state index in [2.05, 4.69) is 24.3 Å². The lowest BCUT2D eigenvalue weighted by atomic mass is 9.98. The molecule has 5 nitrogen and oxygen atoms in total. The first-order valence-electron chi connectivity index (χ1n) is 10.4. The summed E-state index contributed by atoms with van der Waals surface area (Å²) in [6, 6.07) is 15.5. The summed E-state index contributed by atoms with van der Waals surface area (Å²) in [5.41, 5.74) is 4.62. The van der Waals surface area contributed by atoms with Crippen LogP contribution in [0.25, 0.3) is 11.1 Å². The van der Waals surface area contributed by atoms with E-state index in [0.717, 1.165) is 24.0 Å². The van der Waals surface area contributed by atoms with E-state index < -0.39 is 18.1 Å². The number of hydrogen-bond donors (Lipinski definition) is 1. The second-order valence-electron chi connectivity index (χ2n) is 7.49. The molecule has 1 N–H and O–H groups in total. The van der Waals surface area contributed by atoms with E-state index in [1.165, 1.54) is 16.0 Å². The highest BCUT2D eigenvalue weighted by Crippen LogP contribution is 2.44. The SMILES string of the molecule is CCCC[C@@H](C(=O)O)N(CCC)C(=O)OCC1c2ccccc2-c2ccccc21. The number of unbranched alkanes of at least 4 members (excludes halogenated alkanes) is 1. The van der Waals surface area contributed by atoms with Gasteiger partial charge in [0.05, 0.1) is 0 Å². The Bertz CT molecular complexity index is 818. The minimum absolute atomic E-state index is 0.0336. The summed E-state index contributed by atoms with van der Waals surface area (Å²) < 4.78 is 5.69. The number of fused-ring (bicyclic) bond motifs is 3. The topological polar surface area (TPSA) is 66.8 Å². The first kappa shape index (κ1) is 20.9. The van der Waals surface area contributed by atoms with E-state index in [1.807, 2.05) is 38.1 Å². The van der Waals surface area contributed by atoms with Crippen LogP contribution in [0.4, 0.5) is 4.79 Å². The maximum Gasteiger partial charge on any atom is 0.410 e. The van der Waals surface area contributed by atoms with Crippen molar-refractivity contribution in [1.29, 1.82) is 0 Å². The second kappa shape index (κ2) is 9.59. The minimum Gasteiger partial charge on any atom is -0.480 e. The van der Waals surface area contributed by atoms with Crippen LogP contribution in [-0.2, 0) is 9.53 Å². The fourth-order valence-electron chi connectivity index (χ4n) is 4.10. The zero-order valence-electron chi connectivity index (χ0n) is 17.1. The Balaban J connectivity index is 1.77. The van der Waals surface area contributed by atoms with Gasteiger partial charge in [-0.1, -0.05) is 75.2 Å². The van der Waals surface area contributed by atoms with Gasteiger partial charge in [-0.05, 0) is 35.1 Å². The summed E-state index contributed by atoms with van der Waals surface area (Å²) >= 11 is 0. The molecule has 1 aliphatic carbocycles. The number of nitrogens with zero attached hydrogens (tertiary/aromatic N) is 1. The lowest BCUT2D eigenvalue weighted by Crippen LogP contribution is -2.46. The molecule has 0 unspecified atom stereocenters. The normalized spacial score (nSPS) is 13.4. The van der Waals surface area contributed by atoms with Gasteiger partial charge in [-0.3, -0.25) is 4.90 Å². The number of hydrogen-bond acceptors (Lipinski definition) is 3. The number of carbonyl (C=O) groups excluding carboxylic acids is 1. The molecule has 1 aliphatic rings. The first-order valence-corrected chi connectivity index (χ1v) is 10.4. The Hall–Kier alpha value is -2.82. The Kier molecular flexibility index (Phi) is 6.91. The minimum atomic E-state index is -0.972. The van der Waals surface area contributed by atoms with Gasteiger partial charge in [-0.25, -0.2) is 9.59 Å². The zero-order chi connectivity index (χ0) is 20.8. The van der Waals surface area contributed by atoms with Crippen molar-refractivity contribution in [2.45, 2.75) is 51.5 Å². The van der Waals surface area contributed by atoms with Crippen molar-refractivity contribution >= 4 is 12.1 Å². The van der Waals surface area contributed by atoms with Crippen molar-refractivity contribution in [2.24, 2.45) is 0 Å². The van der Waals surface area contributed by atoms with E-state index in [-0.39, 0.29) is 12.5 Å². The van der Waals surface area contributed by atoms with Crippen molar-refractivity contribution in [3.05, 3.63) is 59.7 Å². The molecule has 2 aromatic rings. The highest BCUT2D eigenvalue weighted by atomic mass is 16.6. The molecule has 0 radical (unpaired) electrons. The van der Waals surface area contributed by atoms with Crippen LogP contribution in [-0.4, -0.2) is 41.3 Å². The molecular formula is C24H29NO4. The lowest BCUT2D eigenvalue weighted by molar-refractivity contribution is -0.143. The Morgan fingerprint density at radius 3 is 2.10 bits per heavy atom. The molecule has 0 aliphatic heterocycles. The summed E-state index contributed by atoms with van der Waals surface area (Å²) in [4.78, 5) is 26.0. The quantitative estimate of drug-likeness (QED) is 0.626. The summed E-state index contributed by atoms with van der Waals surface area (Å²) in [5, 5.41) is 9.64. The Labute approximate surface area is 172 Å². The molecule has 1 amide bonds. The van der Waals surface area contributed by atoms with E-state index in [4.69, 9.17) is 4.74 Å². The average molecular weight is 395 g/mol.